The smallest absolute Gasteiger partial charge is 0.390 e. The van der Waals surface area contributed by atoms with E-state index < -0.39 is 12.6 Å². The van der Waals surface area contributed by atoms with Gasteiger partial charge in [0, 0.05) is 35.7 Å². The molecule has 4 rings (SSSR count). The van der Waals surface area contributed by atoms with Gasteiger partial charge >= 0.3 is 6.18 Å². The van der Waals surface area contributed by atoms with Crippen LogP contribution in [0.25, 0.3) is 22.3 Å². The van der Waals surface area contributed by atoms with Crippen molar-refractivity contribution >= 4 is 28.4 Å². The van der Waals surface area contributed by atoms with E-state index >= 15 is 0 Å². The quantitative estimate of drug-likeness (QED) is 0.280. The van der Waals surface area contributed by atoms with E-state index in [-0.39, 0.29) is 18.3 Å². The Balaban J connectivity index is 1.51. The second-order valence-corrected chi connectivity index (χ2v) is 7.30. The molecule has 4 aromatic rings. The number of ether oxygens (including phenoxy) is 1. The third-order valence-corrected chi connectivity index (χ3v) is 4.80. The topological polar surface area (TPSA) is 91.9 Å². The van der Waals surface area contributed by atoms with Gasteiger partial charge in [-0.1, -0.05) is 24.8 Å². The number of halogens is 3. The van der Waals surface area contributed by atoms with E-state index in [0.29, 0.717) is 28.3 Å². The number of anilines is 2. The predicted octanol–water partition coefficient (Wildman–Crippen LogP) is 5.91. The highest BCUT2D eigenvalue weighted by molar-refractivity contribution is 5.99. The number of carbonyl (C=O) groups is 1. The molecule has 0 bridgehead atoms. The zero-order valence-electron chi connectivity index (χ0n) is 17.8. The first-order valence-corrected chi connectivity index (χ1v) is 10.3. The van der Waals surface area contributed by atoms with E-state index in [0.717, 1.165) is 11.1 Å². The molecule has 1 amide bonds. The van der Waals surface area contributed by atoms with Crippen molar-refractivity contribution in [1.82, 2.24) is 15.0 Å². The van der Waals surface area contributed by atoms with Crippen molar-refractivity contribution in [2.24, 2.45) is 0 Å². The minimum Gasteiger partial charge on any atom is -0.437 e. The largest absolute Gasteiger partial charge is 0.437 e. The Morgan fingerprint density at radius 3 is 2.68 bits per heavy atom. The van der Waals surface area contributed by atoms with E-state index in [4.69, 9.17) is 4.74 Å². The maximum Gasteiger partial charge on any atom is 0.390 e. The molecular formula is C24H20F3N5O2. The van der Waals surface area contributed by atoms with Gasteiger partial charge in [-0.05, 0) is 35.9 Å². The van der Waals surface area contributed by atoms with Crippen LogP contribution in [0.4, 0.5) is 24.5 Å². The van der Waals surface area contributed by atoms with Gasteiger partial charge in [0.1, 0.15) is 11.3 Å². The van der Waals surface area contributed by atoms with Crippen LogP contribution >= 0.6 is 0 Å². The number of aromatic amines is 1. The summed E-state index contributed by atoms with van der Waals surface area (Å²) < 4.78 is 42.8. The van der Waals surface area contributed by atoms with Crippen molar-refractivity contribution in [3.63, 3.8) is 0 Å². The van der Waals surface area contributed by atoms with Gasteiger partial charge in [-0.25, -0.2) is 9.97 Å². The number of benzene rings is 2. The second-order valence-electron chi connectivity index (χ2n) is 7.30. The first-order chi connectivity index (χ1) is 16.3. The van der Waals surface area contributed by atoms with Crippen molar-refractivity contribution in [1.29, 1.82) is 0 Å². The first kappa shape index (κ1) is 22.8. The maximum absolute atomic E-state index is 12.3. The Kier molecular flexibility index (Phi) is 6.48. The van der Waals surface area contributed by atoms with Crippen LogP contribution in [0.2, 0.25) is 0 Å². The Morgan fingerprint density at radius 2 is 1.94 bits per heavy atom. The average molecular weight is 467 g/mol. The fourth-order valence-electron chi connectivity index (χ4n) is 3.21. The van der Waals surface area contributed by atoms with Crippen molar-refractivity contribution in [3.05, 3.63) is 73.6 Å². The highest BCUT2D eigenvalue weighted by Gasteiger charge is 2.26. The Morgan fingerprint density at radius 1 is 1.15 bits per heavy atom. The number of alkyl halides is 3. The normalized spacial score (nSPS) is 11.3. The lowest BCUT2D eigenvalue weighted by molar-refractivity contribution is -0.131. The third-order valence-electron chi connectivity index (χ3n) is 4.80. The van der Waals surface area contributed by atoms with Crippen LogP contribution in [0.15, 0.2) is 73.6 Å². The minimum absolute atomic E-state index is 0.194. The van der Waals surface area contributed by atoms with E-state index in [1.807, 2.05) is 0 Å². The summed E-state index contributed by atoms with van der Waals surface area (Å²) in [6.07, 6.45) is -0.696. The van der Waals surface area contributed by atoms with Gasteiger partial charge in [0.15, 0.2) is 5.65 Å². The minimum atomic E-state index is -4.20. The monoisotopic (exact) mass is 467 g/mol. The zero-order valence-corrected chi connectivity index (χ0v) is 17.8. The van der Waals surface area contributed by atoms with E-state index in [2.05, 4.69) is 32.2 Å². The number of H-pyrrole nitrogens is 1. The van der Waals surface area contributed by atoms with Crippen LogP contribution < -0.4 is 15.4 Å². The van der Waals surface area contributed by atoms with Crippen molar-refractivity contribution in [2.75, 3.05) is 17.2 Å². The molecule has 174 valence electrons. The highest BCUT2D eigenvalue weighted by Crippen LogP contribution is 2.30. The summed E-state index contributed by atoms with van der Waals surface area (Å²) in [6.45, 7) is 3.23. The summed E-state index contributed by atoms with van der Waals surface area (Å²) in [6, 6.07) is 13.8. The molecule has 34 heavy (non-hydrogen) atoms. The Hall–Kier alpha value is -4.34. The molecule has 0 saturated heterocycles. The van der Waals surface area contributed by atoms with Crippen molar-refractivity contribution in [3.8, 4) is 22.8 Å². The van der Waals surface area contributed by atoms with Gasteiger partial charge in [0.25, 0.3) is 0 Å². The Labute approximate surface area is 192 Å². The van der Waals surface area contributed by atoms with Gasteiger partial charge in [-0.2, -0.15) is 13.2 Å². The molecule has 0 saturated carbocycles. The van der Waals surface area contributed by atoms with Crippen LogP contribution in [0.1, 0.15) is 6.42 Å². The lowest BCUT2D eigenvalue weighted by Gasteiger charge is -2.09. The molecule has 2 aromatic carbocycles. The molecule has 0 aliphatic heterocycles. The summed E-state index contributed by atoms with van der Waals surface area (Å²) in [5, 5.41) is 5.42. The number of nitrogens with zero attached hydrogens (tertiary/aromatic N) is 2. The molecule has 7 nitrogen and oxygen atoms in total. The van der Waals surface area contributed by atoms with Crippen LogP contribution in [0, 0.1) is 0 Å². The number of fused-ring (bicyclic) bond motifs is 1. The predicted molar refractivity (Wildman–Crippen MR) is 124 cm³/mol. The molecule has 0 aliphatic rings. The molecular weight excluding hydrogens is 447 g/mol. The third kappa shape index (κ3) is 5.71. The standard InChI is InChI=1S/C24H20F3N5O2/c1-2-20(33)31-17-4-3-5-18(12-17)34-21-14-30-23-22(32-21)19(13-29-23)15-6-8-16(9-7-15)28-11-10-24(25,26)27/h2-9,12-14,28H,1,10-11H2,(H,29,30)(H,31,33). The van der Waals surface area contributed by atoms with Gasteiger partial charge in [-0.3, -0.25) is 4.79 Å². The van der Waals surface area contributed by atoms with Gasteiger partial charge in [0.05, 0.1) is 12.6 Å². The molecule has 2 aromatic heterocycles. The second kappa shape index (κ2) is 9.65. The SMILES string of the molecule is C=CC(=O)Nc1cccc(Oc2cnc3[nH]cc(-c4ccc(NCCC(F)(F)F)cc4)c3n2)c1. The van der Waals surface area contributed by atoms with Gasteiger partial charge in [0.2, 0.25) is 11.8 Å². The molecule has 0 atom stereocenters. The van der Waals surface area contributed by atoms with E-state index in [1.54, 1.807) is 54.7 Å². The van der Waals surface area contributed by atoms with E-state index in [1.165, 1.54) is 12.3 Å². The van der Waals surface area contributed by atoms with Crippen molar-refractivity contribution < 1.29 is 22.7 Å². The molecule has 3 N–H and O–H groups in total. The molecule has 0 radical (unpaired) electrons. The summed E-state index contributed by atoms with van der Waals surface area (Å²) in [5.41, 5.74) is 3.84. The van der Waals surface area contributed by atoms with Crippen LogP contribution in [-0.4, -0.2) is 33.6 Å². The molecule has 10 heteroatoms. The lowest BCUT2D eigenvalue weighted by atomic mass is 10.1. The summed E-state index contributed by atoms with van der Waals surface area (Å²) in [4.78, 5) is 23.5. The number of hydrogen-bond acceptors (Lipinski definition) is 5. The first-order valence-electron chi connectivity index (χ1n) is 10.3. The Bertz CT molecular complexity index is 1320. The summed E-state index contributed by atoms with van der Waals surface area (Å²) in [5.74, 6) is 0.379. The number of hydrogen-bond donors (Lipinski definition) is 3. The van der Waals surface area contributed by atoms with Gasteiger partial charge < -0.3 is 20.4 Å². The molecule has 0 fully saturated rings. The summed E-state index contributed by atoms with van der Waals surface area (Å²) in [7, 11) is 0. The maximum atomic E-state index is 12.3. The number of rotatable bonds is 8. The van der Waals surface area contributed by atoms with Crippen LogP contribution in [-0.2, 0) is 4.79 Å². The molecule has 0 aliphatic carbocycles. The van der Waals surface area contributed by atoms with Gasteiger partial charge in [-0.15, -0.1) is 0 Å². The lowest BCUT2D eigenvalue weighted by Crippen LogP contribution is -2.14. The highest BCUT2D eigenvalue weighted by atomic mass is 19.4. The fraction of sp³-hybridized carbons (Fsp3) is 0.125. The number of nitrogens with one attached hydrogen (secondary N) is 3. The van der Waals surface area contributed by atoms with E-state index in [9.17, 15) is 18.0 Å². The fourth-order valence-corrected chi connectivity index (χ4v) is 3.21. The molecule has 0 unspecified atom stereocenters. The van der Waals surface area contributed by atoms with Crippen LogP contribution in [0.3, 0.4) is 0 Å². The number of aromatic nitrogens is 3. The zero-order chi connectivity index (χ0) is 24.1. The summed E-state index contributed by atoms with van der Waals surface area (Å²) >= 11 is 0. The average Bonchev–Trinajstić information content (AvgIpc) is 3.22. The number of carbonyl (C=O) groups excluding carboxylic acids is 1. The van der Waals surface area contributed by atoms with Crippen LogP contribution in [0.5, 0.6) is 11.6 Å². The van der Waals surface area contributed by atoms with Crippen molar-refractivity contribution in [2.45, 2.75) is 12.6 Å². The molecule has 2 heterocycles. The number of amides is 1. The molecule has 0 spiro atoms.